The monoisotopic (exact) mass is 1090 g/mol. The number of alkyl halides is 24. The maximum absolute atomic E-state index is 13.9. The second-order valence-electron chi connectivity index (χ2n) is 15.3. The van der Waals surface area contributed by atoms with Gasteiger partial charge in [-0.25, -0.2) is 52.6 Å². The third kappa shape index (κ3) is 26.1. The highest BCUT2D eigenvalue weighted by Gasteiger charge is 2.75. The van der Waals surface area contributed by atoms with Crippen LogP contribution in [-0.2, 0) is 20.0 Å². The van der Waals surface area contributed by atoms with Gasteiger partial charge in [-0.3, -0.25) is 10.5 Å². The lowest BCUT2D eigenvalue weighted by Gasteiger charge is -2.34. The number of quaternary nitrogens is 1. The van der Waals surface area contributed by atoms with Gasteiger partial charge in [-0.05, 0) is 27.1 Å². The first-order valence-corrected chi connectivity index (χ1v) is 21.3. The Hall–Kier alpha value is -2.06. The van der Waals surface area contributed by atoms with Crippen molar-refractivity contribution in [2.45, 2.75) is 112 Å². The number of nitrogens with zero attached hydrogens (tertiary/aromatic N) is 2. The first-order valence-electron chi connectivity index (χ1n) is 18.0. The van der Waals surface area contributed by atoms with E-state index in [0.717, 1.165) is 0 Å². The molecule has 0 spiro atoms. The van der Waals surface area contributed by atoms with Crippen LogP contribution in [-0.4, -0.2) is 163 Å². The van der Waals surface area contributed by atoms with E-state index in [1.54, 1.807) is 23.7 Å². The van der Waals surface area contributed by atoms with Crippen LogP contribution in [0.25, 0.3) is 0 Å². The van der Waals surface area contributed by atoms with Crippen molar-refractivity contribution in [2.24, 2.45) is 11.8 Å². The van der Waals surface area contributed by atoms with Gasteiger partial charge in [0.15, 0.2) is 0 Å². The average Bonchev–Trinajstić information content (AvgIpc) is 3.08. The highest BCUT2D eigenvalue weighted by Crippen LogP contribution is 2.55. The summed E-state index contributed by atoms with van der Waals surface area (Å²) in [6.45, 7) is -0.298. The molecule has 0 aliphatic rings. The summed E-state index contributed by atoms with van der Waals surface area (Å²) in [4.78, 5) is 1.66. The zero-order chi connectivity index (χ0) is 54.5. The summed E-state index contributed by atoms with van der Waals surface area (Å²) in [6, 6.07) is 0. The summed E-state index contributed by atoms with van der Waals surface area (Å²) in [5.74, 6) is -20.5. The Balaban J connectivity index is -0.00000118. The first kappa shape index (κ1) is 69.2. The highest BCUT2D eigenvalue weighted by molar-refractivity contribution is 7.89. The molecule has 0 aliphatic carbocycles. The Morgan fingerprint density at radius 3 is 1.00 bits per heavy atom. The van der Waals surface area contributed by atoms with Crippen molar-refractivity contribution < 1.29 is 137 Å². The summed E-state index contributed by atoms with van der Waals surface area (Å²) in [5.41, 5.74) is -12.8. The van der Waals surface area contributed by atoms with Crippen LogP contribution in [0, 0.1) is 17.0 Å². The molecule has 2 unspecified atom stereocenters. The molecule has 0 fully saturated rings. The second-order valence-corrected chi connectivity index (χ2v) is 19.2. The number of hydroxylamine groups is 3. The van der Waals surface area contributed by atoms with Crippen LogP contribution in [0.3, 0.4) is 0 Å². The third-order valence-electron chi connectivity index (χ3n) is 8.64. The van der Waals surface area contributed by atoms with E-state index < -0.39 is 153 Å². The fourth-order valence-electron chi connectivity index (χ4n) is 5.02. The van der Waals surface area contributed by atoms with Crippen molar-refractivity contribution in [1.82, 2.24) is 14.3 Å². The number of nitrogens with one attached hydrogen (secondary N) is 2. The lowest BCUT2D eigenvalue weighted by Crippen LogP contribution is -2.55. The van der Waals surface area contributed by atoms with E-state index in [1.165, 1.54) is 14.1 Å². The molecule has 0 saturated carbocycles. The maximum Gasteiger partial charge on any atom is 0.431 e. The lowest BCUT2D eigenvalue weighted by molar-refractivity contribution is -0.840. The van der Waals surface area contributed by atoms with E-state index in [9.17, 15) is 127 Å². The molecule has 408 valence electrons. The van der Waals surface area contributed by atoms with Crippen LogP contribution >= 0.6 is 0 Å². The normalized spacial score (nSPS) is 15.7. The predicted molar refractivity (Wildman–Crippen MR) is 186 cm³/mol. The van der Waals surface area contributed by atoms with E-state index >= 15 is 0 Å². The van der Waals surface area contributed by atoms with Crippen LogP contribution < -0.4 is 9.44 Å². The molecule has 0 aliphatic heterocycles. The largest absolute Gasteiger partial charge is 0.633 e. The van der Waals surface area contributed by atoms with Gasteiger partial charge in [-0.1, -0.05) is 0 Å². The fourth-order valence-corrected chi connectivity index (χ4v) is 7.35. The summed E-state index contributed by atoms with van der Waals surface area (Å²) < 4.78 is 361. The van der Waals surface area contributed by atoms with E-state index in [-0.39, 0.29) is 25.9 Å². The minimum atomic E-state index is -6.88. The van der Waals surface area contributed by atoms with E-state index in [0.29, 0.717) is 6.54 Å². The summed E-state index contributed by atoms with van der Waals surface area (Å²) >= 11 is 0. The SMILES string of the molecule is CN(C)CCCNS(=O)(=O)CCC(F)(F)CC(CC(F)(C(F)(F)F)C(F)(F)F)C(F)(F)F.C[N+](C)([O-])CCCNS(=O)(=O)CCC(F)(F)CC(CC(F)(C(F)(F)F)C(F)(F)F)C(F)(F)F.OO. The van der Waals surface area contributed by atoms with E-state index in [4.69, 9.17) is 10.5 Å². The van der Waals surface area contributed by atoms with Gasteiger partial charge in [0.1, 0.15) is 0 Å². The second kappa shape index (κ2) is 24.9. The van der Waals surface area contributed by atoms with Crippen LogP contribution in [0.1, 0.15) is 51.4 Å². The Labute approximate surface area is 366 Å². The van der Waals surface area contributed by atoms with Crippen molar-refractivity contribution in [3.63, 3.8) is 0 Å². The highest BCUT2D eigenvalue weighted by atomic mass is 32.2. The number of hydrogen-bond acceptors (Lipinski definition) is 8. The molecule has 37 heteroatoms. The quantitative estimate of drug-likeness (QED) is 0.0245. The molecule has 0 radical (unpaired) electrons. The summed E-state index contributed by atoms with van der Waals surface area (Å²) in [5, 5.41) is 23.3. The number of sulfonamides is 2. The average molecular weight is 1090 g/mol. The van der Waals surface area contributed by atoms with Crippen LogP contribution in [0.2, 0.25) is 0 Å². The van der Waals surface area contributed by atoms with Crippen molar-refractivity contribution in [3.05, 3.63) is 5.21 Å². The summed E-state index contributed by atoms with van der Waals surface area (Å²) in [7, 11) is -3.24. The molecule has 0 heterocycles. The number of hydrogen-bond donors (Lipinski definition) is 4. The molecule has 0 rings (SSSR count). The smallest absolute Gasteiger partial charge is 0.431 e. The van der Waals surface area contributed by atoms with Crippen molar-refractivity contribution in [3.8, 4) is 0 Å². The molecule has 0 aromatic carbocycles. The van der Waals surface area contributed by atoms with Crippen LogP contribution in [0.4, 0.5) is 105 Å². The van der Waals surface area contributed by atoms with Crippen LogP contribution in [0.5, 0.6) is 0 Å². The van der Waals surface area contributed by atoms with Crippen molar-refractivity contribution >= 4 is 20.0 Å². The number of rotatable bonds is 24. The Bertz CT molecular complexity index is 1630. The molecule has 2 atom stereocenters. The Kier molecular flexibility index (Phi) is 25.7. The molecular weight excluding hydrogens is 1050 g/mol. The minimum absolute atomic E-state index is 0.0459. The Morgan fingerprint density at radius 1 is 0.507 bits per heavy atom. The molecule has 0 aromatic rings. The Morgan fingerprint density at radius 2 is 0.776 bits per heavy atom. The van der Waals surface area contributed by atoms with Gasteiger partial charge in [0, 0.05) is 58.0 Å². The molecule has 67 heavy (non-hydrogen) atoms. The predicted octanol–water partition coefficient (Wildman–Crippen LogP) is 9.38. The molecule has 11 nitrogen and oxygen atoms in total. The van der Waals surface area contributed by atoms with Gasteiger partial charge in [0.05, 0.1) is 44.0 Å². The van der Waals surface area contributed by atoms with Crippen LogP contribution in [0.15, 0.2) is 0 Å². The third-order valence-corrected chi connectivity index (χ3v) is 11.4. The van der Waals surface area contributed by atoms with Gasteiger partial charge in [0.25, 0.3) is 11.3 Å². The standard InChI is InChI=1S/C15H22F12N2O3S.C15H22F12N2O2S.H2O2/c1-29(2,30)6-3-5-28-33(31,32)7-4-11(16,17)8-10(13(19,20)21)9-12(18,14(22,23)24)15(25,26)27;1-29(2)6-3-5-28-32(30,31)7-4-11(16,17)8-10(13(19,20)21)9-12(18,14(22,23)24)15(25,26)27;1-2/h10,28H,3-9H2,1-2H3;10,28H,3-9H2,1-2H3;1-2H. The number of halogens is 24. The van der Waals surface area contributed by atoms with Gasteiger partial charge < -0.3 is 14.8 Å². The first-order chi connectivity index (χ1) is 29.2. The van der Waals surface area contributed by atoms with E-state index in [1.807, 2.05) is 4.72 Å². The maximum atomic E-state index is 13.9. The lowest BCUT2D eigenvalue weighted by atomic mass is 9.86. The minimum Gasteiger partial charge on any atom is -0.633 e. The zero-order valence-electron chi connectivity index (χ0n) is 34.8. The van der Waals surface area contributed by atoms with Gasteiger partial charge in [-0.2, -0.15) is 79.0 Å². The van der Waals surface area contributed by atoms with Crippen molar-refractivity contribution in [2.75, 3.05) is 65.9 Å². The van der Waals surface area contributed by atoms with E-state index in [2.05, 4.69) is 0 Å². The molecule has 0 amide bonds. The fraction of sp³-hybridized carbons (Fsp3) is 1.00. The molecule has 0 aromatic heterocycles. The molecule has 0 saturated heterocycles. The molecule has 0 bridgehead atoms. The summed E-state index contributed by atoms with van der Waals surface area (Å²) in [6.07, 6.45) is -55.3. The van der Waals surface area contributed by atoms with Crippen molar-refractivity contribution in [1.29, 1.82) is 0 Å². The van der Waals surface area contributed by atoms with Gasteiger partial charge in [0.2, 0.25) is 31.9 Å². The molecular formula is C30H46F24N4O7S2. The molecule has 4 N–H and O–H groups in total. The van der Waals surface area contributed by atoms with Gasteiger partial charge >= 0.3 is 37.1 Å². The van der Waals surface area contributed by atoms with Gasteiger partial charge in [-0.15, -0.1) is 0 Å². The topological polar surface area (TPSA) is 159 Å². The zero-order valence-corrected chi connectivity index (χ0v) is 36.4.